The number of rotatable bonds is 3. The summed E-state index contributed by atoms with van der Waals surface area (Å²) in [5, 5.41) is 10.9. The predicted octanol–water partition coefficient (Wildman–Crippen LogP) is 2.19. The van der Waals surface area contributed by atoms with Gasteiger partial charge in [-0.2, -0.15) is 0 Å². The van der Waals surface area contributed by atoms with Crippen LogP contribution in [0.5, 0.6) is 11.5 Å². The number of hydrogen-bond donors (Lipinski definition) is 1. The van der Waals surface area contributed by atoms with Crippen LogP contribution in [-0.2, 0) is 13.5 Å². The Kier molecular flexibility index (Phi) is 3.71. The highest BCUT2D eigenvalue weighted by Gasteiger charge is 2.16. The predicted molar refractivity (Wildman–Crippen MR) is 79.3 cm³/mol. The van der Waals surface area contributed by atoms with Gasteiger partial charge >= 0.3 is 0 Å². The van der Waals surface area contributed by atoms with Gasteiger partial charge in [-0.15, -0.1) is 6.42 Å². The normalized spacial score (nSPS) is 10.5. The molecule has 4 nitrogen and oxygen atoms in total. The molecular weight excluding hydrogens is 254 g/mol. The second-order valence-corrected chi connectivity index (χ2v) is 4.66. The molecule has 0 fully saturated rings. The lowest BCUT2D eigenvalue weighted by atomic mass is 10.0. The summed E-state index contributed by atoms with van der Waals surface area (Å²) in [6, 6.07) is 3.25. The van der Waals surface area contributed by atoms with Crippen molar-refractivity contribution in [3.8, 4) is 23.8 Å². The first-order chi connectivity index (χ1) is 9.54. The molecule has 0 saturated carbocycles. The number of ether oxygens (including phenoxy) is 1. The number of pyridine rings is 1. The monoisotopic (exact) mass is 271 g/mol. The largest absolute Gasteiger partial charge is 0.507 e. The second kappa shape index (κ2) is 5.30. The van der Waals surface area contributed by atoms with Crippen LogP contribution < -0.4 is 10.3 Å². The van der Waals surface area contributed by atoms with Crippen molar-refractivity contribution in [3.05, 3.63) is 33.7 Å². The molecule has 1 aromatic heterocycles. The number of terminal acetylenes is 1. The van der Waals surface area contributed by atoms with Gasteiger partial charge in [0.05, 0.1) is 18.1 Å². The summed E-state index contributed by atoms with van der Waals surface area (Å²) in [5.41, 5.74) is 1.08. The molecule has 0 unspecified atom stereocenters. The summed E-state index contributed by atoms with van der Waals surface area (Å²) in [6.07, 6.45) is 7.11. The third kappa shape index (κ3) is 2.01. The van der Waals surface area contributed by atoms with Crippen molar-refractivity contribution in [3.63, 3.8) is 0 Å². The lowest BCUT2D eigenvalue weighted by Gasteiger charge is -2.14. The summed E-state index contributed by atoms with van der Waals surface area (Å²) in [4.78, 5) is 12.4. The number of nitrogens with zero attached hydrogens (tertiary/aromatic N) is 1. The van der Waals surface area contributed by atoms with E-state index in [4.69, 9.17) is 11.2 Å². The van der Waals surface area contributed by atoms with Gasteiger partial charge in [-0.05, 0) is 12.5 Å². The Bertz CT molecular complexity index is 766. The molecule has 20 heavy (non-hydrogen) atoms. The zero-order chi connectivity index (χ0) is 14.9. The van der Waals surface area contributed by atoms with Crippen molar-refractivity contribution in [1.29, 1.82) is 0 Å². The fraction of sp³-hybridized carbons (Fsp3) is 0.312. The van der Waals surface area contributed by atoms with Crippen molar-refractivity contribution in [2.75, 3.05) is 7.11 Å². The van der Waals surface area contributed by atoms with Crippen molar-refractivity contribution in [1.82, 2.24) is 4.57 Å². The molecule has 2 aromatic rings. The molecule has 1 heterocycles. The van der Waals surface area contributed by atoms with Crippen LogP contribution in [0.3, 0.4) is 0 Å². The van der Waals surface area contributed by atoms with Gasteiger partial charge in [0.25, 0.3) is 5.56 Å². The molecule has 0 aliphatic carbocycles. The van der Waals surface area contributed by atoms with Crippen LogP contribution in [0.4, 0.5) is 0 Å². The number of aromatic hydroxyl groups is 1. The van der Waals surface area contributed by atoms with Gasteiger partial charge in [-0.1, -0.05) is 19.3 Å². The summed E-state index contributed by atoms with van der Waals surface area (Å²) < 4.78 is 6.89. The number of phenolic OH excluding ortho intramolecular Hbond substituents is 1. The van der Waals surface area contributed by atoms with E-state index in [9.17, 15) is 9.90 Å². The molecular formula is C16H17NO3. The third-order valence-electron chi connectivity index (χ3n) is 3.42. The quantitative estimate of drug-likeness (QED) is 0.871. The maximum atomic E-state index is 12.4. The molecule has 0 saturated heterocycles. The number of hydrogen-bond acceptors (Lipinski definition) is 3. The zero-order valence-electron chi connectivity index (χ0n) is 11.9. The molecule has 0 bridgehead atoms. The van der Waals surface area contributed by atoms with E-state index >= 15 is 0 Å². The Balaban J connectivity index is 2.99. The Labute approximate surface area is 117 Å². The van der Waals surface area contributed by atoms with E-state index in [2.05, 4.69) is 5.92 Å². The van der Waals surface area contributed by atoms with Crippen LogP contribution >= 0.6 is 0 Å². The number of aromatic nitrogens is 1. The molecule has 0 amide bonds. The number of aryl methyl sites for hydroxylation is 1. The van der Waals surface area contributed by atoms with E-state index in [0.717, 1.165) is 18.5 Å². The Morgan fingerprint density at radius 3 is 2.70 bits per heavy atom. The van der Waals surface area contributed by atoms with Crippen LogP contribution in [-0.4, -0.2) is 16.8 Å². The SMILES string of the molecule is C#Cc1cc(O)c2c(=O)n(C)c(CCC)cc2c1OC. The van der Waals surface area contributed by atoms with Crippen LogP contribution in [0.1, 0.15) is 24.6 Å². The average molecular weight is 271 g/mol. The molecule has 2 rings (SSSR count). The van der Waals surface area contributed by atoms with Crippen molar-refractivity contribution in [2.45, 2.75) is 19.8 Å². The first-order valence-electron chi connectivity index (χ1n) is 6.44. The van der Waals surface area contributed by atoms with E-state index in [1.54, 1.807) is 11.6 Å². The first kappa shape index (κ1) is 14.0. The van der Waals surface area contributed by atoms with E-state index < -0.39 is 0 Å². The van der Waals surface area contributed by atoms with Crippen LogP contribution in [0.2, 0.25) is 0 Å². The Morgan fingerprint density at radius 1 is 1.45 bits per heavy atom. The van der Waals surface area contributed by atoms with Gasteiger partial charge in [0.2, 0.25) is 0 Å². The van der Waals surface area contributed by atoms with Gasteiger partial charge in [0.1, 0.15) is 11.5 Å². The summed E-state index contributed by atoms with van der Waals surface area (Å²) in [5.74, 6) is 2.81. The van der Waals surface area contributed by atoms with Gasteiger partial charge in [-0.3, -0.25) is 4.79 Å². The molecule has 1 aromatic carbocycles. The zero-order valence-corrected chi connectivity index (χ0v) is 11.9. The minimum Gasteiger partial charge on any atom is -0.507 e. The number of phenols is 1. The topological polar surface area (TPSA) is 51.5 Å². The van der Waals surface area contributed by atoms with Crippen LogP contribution in [0.15, 0.2) is 16.9 Å². The fourth-order valence-corrected chi connectivity index (χ4v) is 2.42. The number of benzene rings is 1. The smallest absolute Gasteiger partial charge is 0.262 e. The molecule has 0 atom stereocenters. The van der Waals surface area contributed by atoms with Crippen LogP contribution in [0.25, 0.3) is 10.8 Å². The van der Waals surface area contributed by atoms with Gasteiger partial charge < -0.3 is 14.4 Å². The minimum absolute atomic E-state index is 0.114. The molecule has 0 aliphatic rings. The standard InChI is InChI=1S/C16H17NO3/c1-5-7-11-9-12-14(16(19)17(11)3)13(18)8-10(6-2)15(12)20-4/h2,8-9,18H,5,7H2,1,3-4H3. The first-order valence-corrected chi connectivity index (χ1v) is 6.44. The lowest BCUT2D eigenvalue weighted by Crippen LogP contribution is -2.20. The highest BCUT2D eigenvalue weighted by atomic mass is 16.5. The molecule has 1 N–H and O–H groups in total. The lowest BCUT2D eigenvalue weighted by molar-refractivity contribution is 0.416. The Hall–Kier alpha value is -2.41. The maximum Gasteiger partial charge on any atom is 0.262 e. The minimum atomic E-state index is -0.245. The highest BCUT2D eigenvalue weighted by Crippen LogP contribution is 2.34. The van der Waals surface area contributed by atoms with Gasteiger partial charge in [0.15, 0.2) is 0 Å². The van der Waals surface area contributed by atoms with E-state index in [-0.39, 0.29) is 16.7 Å². The summed E-state index contributed by atoms with van der Waals surface area (Å²) >= 11 is 0. The maximum absolute atomic E-state index is 12.4. The number of fused-ring (bicyclic) bond motifs is 1. The van der Waals surface area contributed by atoms with E-state index in [0.29, 0.717) is 16.7 Å². The Morgan fingerprint density at radius 2 is 2.15 bits per heavy atom. The summed E-state index contributed by atoms with van der Waals surface area (Å²) in [7, 11) is 3.21. The molecule has 104 valence electrons. The van der Waals surface area contributed by atoms with E-state index in [1.807, 2.05) is 13.0 Å². The van der Waals surface area contributed by atoms with Gasteiger partial charge in [-0.25, -0.2) is 0 Å². The van der Waals surface area contributed by atoms with Crippen molar-refractivity contribution in [2.24, 2.45) is 7.05 Å². The van der Waals surface area contributed by atoms with Crippen LogP contribution in [0, 0.1) is 12.3 Å². The average Bonchev–Trinajstić information content (AvgIpc) is 2.43. The van der Waals surface area contributed by atoms with Crippen molar-refractivity contribution >= 4 is 10.8 Å². The second-order valence-electron chi connectivity index (χ2n) is 4.66. The number of methoxy groups -OCH3 is 1. The van der Waals surface area contributed by atoms with Crippen molar-refractivity contribution < 1.29 is 9.84 Å². The molecule has 0 aliphatic heterocycles. The van der Waals surface area contributed by atoms with Gasteiger partial charge in [0, 0.05) is 24.2 Å². The fourth-order valence-electron chi connectivity index (χ4n) is 2.42. The molecule has 0 spiro atoms. The summed E-state index contributed by atoms with van der Waals surface area (Å²) in [6.45, 7) is 2.04. The van der Waals surface area contributed by atoms with E-state index in [1.165, 1.54) is 13.2 Å². The molecule has 0 radical (unpaired) electrons. The third-order valence-corrected chi connectivity index (χ3v) is 3.42. The molecule has 4 heteroatoms. The highest BCUT2D eigenvalue weighted by molar-refractivity contribution is 5.95.